The maximum absolute atomic E-state index is 13.7. The van der Waals surface area contributed by atoms with Gasteiger partial charge in [0.05, 0.1) is 6.61 Å². The molecule has 0 aromatic heterocycles. The van der Waals surface area contributed by atoms with Crippen LogP contribution in [-0.4, -0.2) is 24.5 Å². The molecule has 1 aromatic rings. The molecule has 5 heteroatoms. The highest BCUT2D eigenvalue weighted by atomic mass is 16.5. The van der Waals surface area contributed by atoms with Crippen LogP contribution in [-0.2, 0) is 9.59 Å². The summed E-state index contributed by atoms with van der Waals surface area (Å²) in [6.45, 7) is 2.58. The maximum atomic E-state index is 13.7. The van der Waals surface area contributed by atoms with Gasteiger partial charge in [-0.15, -0.1) is 0 Å². The van der Waals surface area contributed by atoms with Gasteiger partial charge in [-0.2, -0.15) is 0 Å². The van der Waals surface area contributed by atoms with E-state index < -0.39 is 6.04 Å². The van der Waals surface area contributed by atoms with E-state index in [1.165, 1.54) is 25.7 Å². The van der Waals surface area contributed by atoms with Crippen molar-refractivity contribution in [2.75, 3.05) is 11.9 Å². The Balaban J connectivity index is 1.36. The molecule has 174 valence electrons. The van der Waals surface area contributed by atoms with Gasteiger partial charge in [0, 0.05) is 17.0 Å². The summed E-state index contributed by atoms with van der Waals surface area (Å²) in [7, 11) is 0. The lowest BCUT2D eigenvalue weighted by molar-refractivity contribution is -0.139. The van der Waals surface area contributed by atoms with Crippen molar-refractivity contribution in [1.29, 1.82) is 0 Å². The number of rotatable bonds is 7. The predicted octanol–water partition coefficient (Wildman–Crippen LogP) is 5.31. The zero-order valence-corrected chi connectivity index (χ0v) is 19.4. The lowest BCUT2D eigenvalue weighted by Gasteiger charge is -2.59. The van der Waals surface area contributed by atoms with Crippen LogP contribution in [0.15, 0.2) is 24.3 Å². The minimum atomic E-state index is -0.433. The Hall–Kier alpha value is -2.04. The summed E-state index contributed by atoms with van der Waals surface area (Å²) in [6, 6.07) is 7.13. The Morgan fingerprint density at radius 3 is 2.12 bits per heavy atom. The number of anilines is 1. The summed E-state index contributed by atoms with van der Waals surface area (Å²) in [4.78, 5) is 27.0. The first-order chi connectivity index (χ1) is 15.5. The topological polar surface area (TPSA) is 67.4 Å². The molecule has 2 amide bonds. The highest BCUT2D eigenvalue weighted by Gasteiger charge is 2.56. The number of ether oxygens (including phenoxy) is 1. The fourth-order valence-corrected chi connectivity index (χ4v) is 7.67. The van der Waals surface area contributed by atoms with Gasteiger partial charge in [0.2, 0.25) is 11.8 Å². The van der Waals surface area contributed by atoms with E-state index in [0.29, 0.717) is 6.61 Å². The lowest BCUT2D eigenvalue weighted by atomic mass is 9.47. The average Bonchev–Trinajstić information content (AvgIpc) is 2.78. The van der Waals surface area contributed by atoms with Gasteiger partial charge in [0.15, 0.2) is 0 Å². The van der Waals surface area contributed by atoms with E-state index >= 15 is 0 Å². The van der Waals surface area contributed by atoms with Gasteiger partial charge >= 0.3 is 0 Å². The molecule has 5 saturated carbocycles. The van der Waals surface area contributed by atoms with Gasteiger partial charge in [-0.1, -0.05) is 19.3 Å². The van der Waals surface area contributed by atoms with Gasteiger partial charge in [-0.25, -0.2) is 0 Å². The molecule has 6 rings (SSSR count). The molecule has 1 atom stereocenters. The molecule has 4 bridgehead atoms. The molecule has 5 aliphatic carbocycles. The van der Waals surface area contributed by atoms with Crippen LogP contribution < -0.4 is 15.4 Å². The van der Waals surface area contributed by atoms with Crippen LogP contribution in [0.1, 0.15) is 77.6 Å². The van der Waals surface area contributed by atoms with Crippen molar-refractivity contribution < 1.29 is 14.3 Å². The molecule has 5 fully saturated rings. The molecule has 0 radical (unpaired) electrons. The Bertz CT molecular complexity index is 793. The van der Waals surface area contributed by atoms with E-state index in [2.05, 4.69) is 10.6 Å². The van der Waals surface area contributed by atoms with Gasteiger partial charge in [-0.05, 0) is 100 Å². The molecule has 0 saturated heterocycles. The van der Waals surface area contributed by atoms with Crippen molar-refractivity contribution >= 4 is 17.5 Å². The van der Waals surface area contributed by atoms with Crippen LogP contribution >= 0.6 is 0 Å². The second-order valence-electron chi connectivity index (χ2n) is 11.0. The summed E-state index contributed by atoms with van der Waals surface area (Å²) in [5.74, 6) is 3.12. The third-order valence-corrected chi connectivity index (χ3v) is 8.66. The first-order valence-electron chi connectivity index (χ1n) is 12.9. The third-order valence-electron chi connectivity index (χ3n) is 8.66. The zero-order chi connectivity index (χ0) is 22.1. The molecule has 0 heterocycles. The Kier molecular flexibility index (Phi) is 6.18. The van der Waals surface area contributed by atoms with E-state index in [1.807, 2.05) is 31.2 Å². The van der Waals surface area contributed by atoms with Gasteiger partial charge in [-0.3, -0.25) is 9.59 Å². The SMILES string of the molecule is CCOc1ccc(NC(=O)C(NC(=O)C2CCCCC2)C23CC4CC(CC(C4)C2)C3)cc1. The van der Waals surface area contributed by atoms with Crippen LogP contribution in [0.3, 0.4) is 0 Å². The summed E-state index contributed by atoms with van der Waals surface area (Å²) < 4.78 is 5.53. The lowest BCUT2D eigenvalue weighted by Crippen LogP contribution is -2.61. The molecule has 2 N–H and O–H groups in total. The fraction of sp³-hybridized carbons (Fsp3) is 0.704. The summed E-state index contributed by atoms with van der Waals surface area (Å²) >= 11 is 0. The van der Waals surface area contributed by atoms with Crippen LogP contribution in [0.2, 0.25) is 0 Å². The van der Waals surface area contributed by atoms with Gasteiger partial charge in [0.25, 0.3) is 0 Å². The Morgan fingerprint density at radius 2 is 1.56 bits per heavy atom. The van der Waals surface area contributed by atoms with E-state index in [0.717, 1.165) is 74.1 Å². The summed E-state index contributed by atoms with van der Waals surface area (Å²) in [5, 5.41) is 6.46. The number of carbonyl (C=O) groups excluding carboxylic acids is 2. The van der Waals surface area contributed by atoms with Gasteiger partial charge in [0.1, 0.15) is 11.8 Å². The minimum absolute atomic E-state index is 0.0414. The minimum Gasteiger partial charge on any atom is -0.494 e. The molecule has 0 aliphatic heterocycles. The molecular weight excluding hydrogens is 400 g/mol. The van der Waals surface area contributed by atoms with Crippen molar-refractivity contribution in [2.45, 2.75) is 83.6 Å². The first-order valence-corrected chi connectivity index (χ1v) is 12.9. The molecular formula is C27H38N2O3. The van der Waals surface area contributed by atoms with Crippen molar-refractivity contribution in [3.05, 3.63) is 24.3 Å². The second kappa shape index (κ2) is 9.07. The van der Waals surface area contributed by atoms with Crippen LogP contribution in [0.4, 0.5) is 5.69 Å². The monoisotopic (exact) mass is 438 g/mol. The third kappa shape index (κ3) is 4.40. The van der Waals surface area contributed by atoms with Crippen LogP contribution in [0.5, 0.6) is 5.75 Å². The molecule has 1 aromatic carbocycles. The van der Waals surface area contributed by atoms with Gasteiger partial charge < -0.3 is 15.4 Å². The molecule has 5 aliphatic rings. The highest BCUT2D eigenvalue weighted by molar-refractivity contribution is 5.98. The quantitative estimate of drug-likeness (QED) is 0.607. The Morgan fingerprint density at radius 1 is 0.969 bits per heavy atom. The first kappa shape index (κ1) is 21.8. The number of nitrogens with one attached hydrogen (secondary N) is 2. The number of carbonyl (C=O) groups is 2. The molecule has 0 spiro atoms. The summed E-state index contributed by atoms with van der Waals surface area (Å²) in [6.07, 6.45) is 12.6. The number of hydrogen-bond acceptors (Lipinski definition) is 3. The van der Waals surface area contributed by atoms with Crippen molar-refractivity contribution in [3.8, 4) is 5.75 Å². The fourth-order valence-electron chi connectivity index (χ4n) is 7.67. The highest BCUT2D eigenvalue weighted by Crippen LogP contribution is 2.61. The molecule has 5 nitrogen and oxygen atoms in total. The maximum Gasteiger partial charge on any atom is 0.247 e. The number of hydrogen-bond donors (Lipinski definition) is 2. The van der Waals surface area contributed by atoms with Crippen molar-refractivity contribution in [2.24, 2.45) is 29.1 Å². The van der Waals surface area contributed by atoms with Crippen molar-refractivity contribution in [3.63, 3.8) is 0 Å². The van der Waals surface area contributed by atoms with E-state index in [1.54, 1.807) is 0 Å². The van der Waals surface area contributed by atoms with Crippen LogP contribution in [0.25, 0.3) is 0 Å². The van der Waals surface area contributed by atoms with E-state index in [4.69, 9.17) is 4.74 Å². The smallest absolute Gasteiger partial charge is 0.247 e. The molecule has 1 unspecified atom stereocenters. The van der Waals surface area contributed by atoms with E-state index in [-0.39, 0.29) is 23.1 Å². The Labute approximate surface area is 192 Å². The van der Waals surface area contributed by atoms with Crippen LogP contribution in [0, 0.1) is 29.1 Å². The molecule has 32 heavy (non-hydrogen) atoms. The second-order valence-corrected chi connectivity index (χ2v) is 11.0. The standard InChI is InChI=1S/C27H38N2O3/c1-2-32-23-10-8-22(9-11-23)28-26(31)24(29-25(30)21-6-4-3-5-7-21)27-15-18-12-19(16-27)14-20(13-18)17-27/h8-11,18-21,24H,2-7,12-17H2,1H3,(H,28,31)(H,29,30). The normalized spacial score (nSPS) is 32.3. The summed E-state index contributed by atoms with van der Waals surface area (Å²) in [5.41, 5.74) is 0.689. The number of benzene rings is 1. The predicted molar refractivity (Wildman–Crippen MR) is 125 cm³/mol. The largest absolute Gasteiger partial charge is 0.494 e. The number of amides is 2. The average molecular weight is 439 g/mol. The van der Waals surface area contributed by atoms with Crippen molar-refractivity contribution in [1.82, 2.24) is 5.32 Å². The van der Waals surface area contributed by atoms with E-state index in [9.17, 15) is 9.59 Å². The zero-order valence-electron chi connectivity index (χ0n) is 19.4.